The van der Waals surface area contributed by atoms with E-state index in [4.69, 9.17) is 10.5 Å². The van der Waals surface area contributed by atoms with Gasteiger partial charge in [0, 0.05) is 18.1 Å². The van der Waals surface area contributed by atoms with Crippen LogP contribution < -0.4 is 0 Å². The maximum Gasteiger partial charge on any atom is 0.0633 e. The van der Waals surface area contributed by atoms with Crippen molar-refractivity contribution >= 4 is 10.4 Å². The Labute approximate surface area is 81.0 Å². The van der Waals surface area contributed by atoms with Gasteiger partial charge in [0.1, 0.15) is 0 Å². The molecule has 0 aliphatic rings. The van der Waals surface area contributed by atoms with Crippen LogP contribution >= 0.6 is 10.4 Å². The minimum Gasteiger partial charge on any atom is -0.198 e. The Bertz CT molecular complexity index is 221. The third-order valence-electron chi connectivity index (χ3n) is 1.93. The predicted molar refractivity (Wildman–Crippen MR) is 54.0 cm³/mol. The molecule has 0 spiro atoms. The molecule has 0 saturated carbocycles. The Balaban J connectivity index is 3.99. The number of nitriles is 2. The average Bonchev–Trinajstić information content (AvgIpc) is 2.01. The van der Waals surface area contributed by atoms with Crippen LogP contribution in [0.2, 0.25) is 0 Å². The molecule has 0 N–H and O–H groups in total. The van der Waals surface area contributed by atoms with Crippen LogP contribution in [0.5, 0.6) is 0 Å². The SMILES string of the molecule is CS(C)(F)C(CC#N)CCCC#N. The normalized spacial score (nSPS) is 14.2. The summed E-state index contributed by atoms with van der Waals surface area (Å²) in [4.78, 5) is 0. The minimum absolute atomic E-state index is 0.161. The Morgan fingerprint density at radius 3 is 2.31 bits per heavy atom. The first-order valence-corrected chi connectivity index (χ1v) is 6.59. The van der Waals surface area contributed by atoms with E-state index in [9.17, 15) is 3.89 Å². The van der Waals surface area contributed by atoms with Crippen LogP contribution in [0, 0.1) is 22.7 Å². The van der Waals surface area contributed by atoms with Gasteiger partial charge in [-0.1, -0.05) is 10.4 Å². The number of hydrogen-bond donors (Lipinski definition) is 0. The zero-order valence-corrected chi connectivity index (χ0v) is 8.90. The second-order valence-corrected chi connectivity index (χ2v) is 6.53. The standard InChI is InChI=1S/C9H15FN2S/c1-13(2,10)9(6-8-12)5-3-4-7-11/h9H,3-6H2,1-2H3. The molecule has 0 bridgehead atoms. The van der Waals surface area contributed by atoms with Crippen LogP contribution in [-0.4, -0.2) is 17.8 Å². The average molecular weight is 202 g/mol. The van der Waals surface area contributed by atoms with Crippen molar-refractivity contribution in [2.45, 2.75) is 30.9 Å². The highest BCUT2D eigenvalue weighted by Gasteiger charge is 2.23. The maximum absolute atomic E-state index is 13.5. The highest BCUT2D eigenvalue weighted by Crippen LogP contribution is 2.50. The molecule has 0 aliphatic heterocycles. The molecule has 0 aromatic carbocycles. The lowest BCUT2D eigenvalue weighted by Crippen LogP contribution is -2.12. The fourth-order valence-corrected chi connectivity index (χ4v) is 2.29. The third-order valence-corrected chi connectivity index (χ3v) is 3.91. The molecule has 0 saturated heterocycles. The smallest absolute Gasteiger partial charge is 0.0633 e. The quantitative estimate of drug-likeness (QED) is 0.643. The highest BCUT2D eigenvalue weighted by atomic mass is 32.3. The number of nitrogens with zero attached hydrogens (tertiary/aromatic N) is 2. The van der Waals surface area contributed by atoms with E-state index in [-0.39, 0.29) is 11.7 Å². The maximum atomic E-state index is 13.5. The van der Waals surface area contributed by atoms with E-state index in [1.165, 1.54) is 0 Å². The van der Waals surface area contributed by atoms with E-state index in [0.717, 1.165) is 0 Å². The van der Waals surface area contributed by atoms with Gasteiger partial charge in [-0.25, -0.2) is 0 Å². The molecule has 0 aromatic rings. The Hall–Kier alpha value is -0.740. The topological polar surface area (TPSA) is 47.6 Å². The zero-order valence-electron chi connectivity index (χ0n) is 8.09. The van der Waals surface area contributed by atoms with Gasteiger partial charge in [0.05, 0.1) is 12.1 Å². The van der Waals surface area contributed by atoms with Crippen molar-refractivity contribution in [1.82, 2.24) is 0 Å². The monoisotopic (exact) mass is 202 g/mol. The van der Waals surface area contributed by atoms with E-state index >= 15 is 0 Å². The first-order chi connectivity index (χ1) is 6.02. The first-order valence-electron chi connectivity index (χ1n) is 4.18. The van der Waals surface area contributed by atoms with E-state index in [0.29, 0.717) is 19.3 Å². The van der Waals surface area contributed by atoms with Crippen LogP contribution in [-0.2, 0) is 0 Å². The van der Waals surface area contributed by atoms with Gasteiger partial charge in [0.15, 0.2) is 0 Å². The molecular formula is C9H15FN2S. The van der Waals surface area contributed by atoms with Crippen molar-refractivity contribution in [3.8, 4) is 12.1 Å². The molecule has 2 nitrogen and oxygen atoms in total. The summed E-state index contributed by atoms with van der Waals surface area (Å²) in [6.07, 6.45) is 5.22. The van der Waals surface area contributed by atoms with Crippen molar-refractivity contribution in [3.63, 3.8) is 0 Å². The molecular weight excluding hydrogens is 187 g/mol. The van der Waals surface area contributed by atoms with Crippen LogP contribution in [0.3, 0.4) is 0 Å². The molecule has 1 unspecified atom stereocenters. The molecule has 74 valence electrons. The zero-order chi connectivity index (χ0) is 10.3. The summed E-state index contributed by atoms with van der Waals surface area (Å²) < 4.78 is 13.5. The van der Waals surface area contributed by atoms with Crippen molar-refractivity contribution in [3.05, 3.63) is 0 Å². The highest BCUT2D eigenvalue weighted by molar-refractivity contribution is 8.28. The predicted octanol–water partition coefficient (Wildman–Crippen LogP) is 2.91. The molecule has 0 heterocycles. The number of rotatable bonds is 5. The number of unbranched alkanes of at least 4 members (excludes halogenated alkanes) is 1. The summed E-state index contributed by atoms with van der Waals surface area (Å²) in [5.74, 6) is 0. The molecule has 0 aromatic heterocycles. The largest absolute Gasteiger partial charge is 0.198 e. The van der Waals surface area contributed by atoms with Gasteiger partial charge in [0.2, 0.25) is 0 Å². The van der Waals surface area contributed by atoms with Crippen molar-refractivity contribution < 1.29 is 3.89 Å². The van der Waals surface area contributed by atoms with Crippen molar-refractivity contribution in [2.75, 3.05) is 12.5 Å². The van der Waals surface area contributed by atoms with E-state index in [1.54, 1.807) is 12.5 Å². The molecule has 4 heteroatoms. The summed E-state index contributed by atoms with van der Waals surface area (Å²) in [7, 11) is -2.14. The fraction of sp³-hybridized carbons (Fsp3) is 0.778. The summed E-state index contributed by atoms with van der Waals surface area (Å²) in [5, 5.41) is 16.6. The molecule has 1 atom stereocenters. The van der Waals surface area contributed by atoms with Crippen LogP contribution in [0.1, 0.15) is 25.7 Å². The van der Waals surface area contributed by atoms with Crippen molar-refractivity contribution in [2.24, 2.45) is 0 Å². The molecule has 0 amide bonds. The molecule has 0 fully saturated rings. The lowest BCUT2D eigenvalue weighted by Gasteiger charge is -2.29. The van der Waals surface area contributed by atoms with Crippen LogP contribution in [0.4, 0.5) is 3.89 Å². The summed E-state index contributed by atoms with van der Waals surface area (Å²) in [6, 6.07) is 4.02. The van der Waals surface area contributed by atoms with Gasteiger partial charge in [-0.05, 0) is 25.4 Å². The number of hydrogen-bond acceptors (Lipinski definition) is 2. The third kappa shape index (κ3) is 5.49. The van der Waals surface area contributed by atoms with Gasteiger partial charge >= 0.3 is 0 Å². The molecule has 0 rings (SSSR count). The molecule has 0 aliphatic carbocycles. The van der Waals surface area contributed by atoms with E-state index < -0.39 is 10.4 Å². The fourth-order valence-electron chi connectivity index (χ4n) is 1.09. The van der Waals surface area contributed by atoms with Gasteiger partial charge in [-0.15, -0.1) is 0 Å². The van der Waals surface area contributed by atoms with Crippen molar-refractivity contribution in [1.29, 1.82) is 10.5 Å². The van der Waals surface area contributed by atoms with Crippen LogP contribution in [0.15, 0.2) is 0 Å². The second kappa shape index (κ2) is 5.83. The van der Waals surface area contributed by atoms with Gasteiger partial charge in [0.25, 0.3) is 0 Å². The van der Waals surface area contributed by atoms with E-state index in [1.807, 2.05) is 12.1 Å². The Morgan fingerprint density at radius 2 is 1.92 bits per heavy atom. The second-order valence-electron chi connectivity index (χ2n) is 3.31. The Kier molecular flexibility index (Phi) is 5.50. The molecule has 0 radical (unpaired) electrons. The summed E-state index contributed by atoms with van der Waals surface area (Å²) >= 11 is 0. The molecule has 13 heavy (non-hydrogen) atoms. The van der Waals surface area contributed by atoms with Gasteiger partial charge < -0.3 is 0 Å². The lowest BCUT2D eigenvalue weighted by molar-refractivity contribution is 0.691. The van der Waals surface area contributed by atoms with E-state index in [2.05, 4.69) is 0 Å². The summed E-state index contributed by atoms with van der Waals surface area (Å²) in [6.45, 7) is 0. The van der Waals surface area contributed by atoms with Crippen LogP contribution in [0.25, 0.3) is 0 Å². The van der Waals surface area contributed by atoms with Gasteiger partial charge in [-0.3, -0.25) is 0 Å². The van der Waals surface area contributed by atoms with Gasteiger partial charge in [-0.2, -0.15) is 14.4 Å². The number of halogens is 1. The Morgan fingerprint density at radius 1 is 1.31 bits per heavy atom. The first kappa shape index (κ1) is 12.3. The minimum atomic E-state index is -2.14. The lowest BCUT2D eigenvalue weighted by atomic mass is 10.1. The summed E-state index contributed by atoms with van der Waals surface area (Å²) in [5.41, 5.74) is 0.